The van der Waals surface area contributed by atoms with Crippen LogP contribution in [0, 0.1) is 0 Å². The number of hydrogen-bond acceptors (Lipinski definition) is 6. The Balaban J connectivity index is 3.09. The fraction of sp³-hybridized carbons (Fsp3) is 0.941. The fourth-order valence-corrected chi connectivity index (χ4v) is 1.59. The van der Waals surface area contributed by atoms with Crippen molar-refractivity contribution in [3.8, 4) is 0 Å². The Bertz CT molecular complexity index is 274. The van der Waals surface area contributed by atoms with Gasteiger partial charge in [0, 0.05) is 25.4 Å². The van der Waals surface area contributed by atoms with Gasteiger partial charge in [-0.2, -0.15) is 0 Å². The maximum atomic E-state index is 11.0. The Morgan fingerprint density at radius 2 is 1.26 bits per heavy atom. The molecule has 0 unspecified atom stereocenters. The van der Waals surface area contributed by atoms with Crippen LogP contribution >= 0.6 is 0 Å². The van der Waals surface area contributed by atoms with Crippen molar-refractivity contribution in [1.82, 2.24) is 4.90 Å². The van der Waals surface area contributed by atoms with E-state index in [0.29, 0.717) is 65.1 Å². The van der Waals surface area contributed by atoms with Gasteiger partial charge in [0.1, 0.15) is 5.78 Å². The minimum absolute atomic E-state index is 0.234. The lowest BCUT2D eigenvalue weighted by Crippen LogP contribution is -2.30. The van der Waals surface area contributed by atoms with E-state index >= 15 is 0 Å². The second-order valence-corrected chi connectivity index (χ2v) is 5.67. The third-order valence-corrected chi connectivity index (χ3v) is 3.51. The molecule has 0 saturated carbocycles. The molecule has 0 saturated heterocycles. The molecule has 6 nitrogen and oxygen atoms in total. The van der Waals surface area contributed by atoms with Crippen LogP contribution in [-0.4, -0.2) is 83.2 Å². The molecule has 0 atom stereocenters. The summed E-state index contributed by atoms with van der Waals surface area (Å²) in [4.78, 5) is 13.3. The van der Waals surface area contributed by atoms with Crippen molar-refractivity contribution in [1.29, 1.82) is 0 Å². The van der Waals surface area contributed by atoms with E-state index in [1.807, 2.05) is 6.92 Å². The van der Waals surface area contributed by atoms with E-state index < -0.39 is 0 Å². The summed E-state index contributed by atoms with van der Waals surface area (Å²) in [6, 6.07) is 0.545. The van der Waals surface area contributed by atoms with E-state index in [0.717, 1.165) is 13.2 Å². The molecule has 138 valence electrons. The zero-order valence-electron chi connectivity index (χ0n) is 15.3. The lowest BCUT2D eigenvalue weighted by Gasteiger charge is -2.20. The fourth-order valence-electron chi connectivity index (χ4n) is 1.59. The van der Waals surface area contributed by atoms with E-state index in [1.165, 1.54) is 0 Å². The van der Waals surface area contributed by atoms with Crippen LogP contribution in [0.1, 0.15) is 33.6 Å². The number of carbonyl (C=O) groups is 1. The summed E-state index contributed by atoms with van der Waals surface area (Å²) in [6.07, 6.45) is 1.07. The van der Waals surface area contributed by atoms with Gasteiger partial charge in [0.05, 0.1) is 52.9 Å². The predicted molar refractivity (Wildman–Crippen MR) is 91.0 cm³/mol. The summed E-state index contributed by atoms with van der Waals surface area (Å²) >= 11 is 0. The van der Waals surface area contributed by atoms with Crippen LogP contribution in [0.3, 0.4) is 0 Å². The van der Waals surface area contributed by atoms with Gasteiger partial charge >= 0.3 is 0 Å². The van der Waals surface area contributed by atoms with Crippen molar-refractivity contribution < 1.29 is 23.7 Å². The Kier molecular flexibility index (Phi) is 16.0. The van der Waals surface area contributed by atoms with Crippen LogP contribution in [0.15, 0.2) is 0 Å². The van der Waals surface area contributed by atoms with Gasteiger partial charge in [-0.15, -0.1) is 0 Å². The number of Topliss-reactive ketones (excluding diaryl/α,β-unsaturated/α-hetero) is 1. The molecule has 0 radical (unpaired) electrons. The van der Waals surface area contributed by atoms with E-state index in [9.17, 15) is 4.79 Å². The highest BCUT2D eigenvalue weighted by Gasteiger charge is 2.01. The molecule has 0 aliphatic rings. The number of rotatable bonds is 17. The second kappa shape index (κ2) is 16.3. The predicted octanol–water partition coefficient (Wildman–Crippen LogP) is 1.76. The normalized spacial score (nSPS) is 11.6. The van der Waals surface area contributed by atoms with E-state index in [-0.39, 0.29) is 5.78 Å². The maximum Gasteiger partial charge on any atom is 0.134 e. The smallest absolute Gasteiger partial charge is 0.134 e. The molecule has 0 heterocycles. The molecule has 0 aliphatic heterocycles. The lowest BCUT2D eigenvalue weighted by molar-refractivity contribution is -0.120. The van der Waals surface area contributed by atoms with E-state index in [2.05, 4.69) is 25.8 Å². The molecule has 0 bridgehead atoms. The molecule has 0 aromatic carbocycles. The highest BCUT2D eigenvalue weighted by atomic mass is 16.6. The van der Waals surface area contributed by atoms with Gasteiger partial charge in [-0.05, 0) is 20.9 Å². The SMILES string of the molecule is CCC(=O)CCOCCOCCOCCOCCN(C)C(C)C. The van der Waals surface area contributed by atoms with Crippen molar-refractivity contribution in [3.63, 3.8) is 0 Å². The summed E-state index contributed by atoms with van der Waals surface area (Å²) in [7, 11) is 2.09. The molecule has 0 rings (SSSR count). The first-order valence-electron chi connectivity index (χ1n) is 8.60. The zero-order chi connectivity index (χ0) is 17.3. The van der Waals surface area contributed by atoms with Crippen LogP contribution in [0.2, 0.25) is 0 Å². The first-order valence-corrected chi connectivity index (χ1v) is 8.60. The van der Waals surface area contributed by atoms with Gasteiger partial charge in [-0.3, -0.25) is 4.79 Å². The first-order chi connectivity index (χ1) is 11.1. The van der Waals surface area contributed by atoms with Crippen LogP contribution in [0.25, 0.3) is 0 Å². The summed E-state index contributed by atoms with van der Waals surface area (Å²) in [5, 5.41) is 0. The number of nitrogens with zero attached hydrogens (tertiary/aromatic N) is 1. The number of ether oxygens (including phenoxy) is 4. The Labute approximate surface area is 141 Å². The molecule has 0 fully saturated rings. The van der Waals surface area contributed by atoms with Crippen molar-refractivity contribution in [2.24, 2.45) is 0 Å². The largest absolute Gasteiger partial charge is 0.379 e. The second-order valence-electron chi connectivity index (χ2n) is 5.67. The van der Waals surface area contributed by atoms with Crippen LogP contribution in [-0.2, 0) is 23.7 Å². The Morgan fingerprint density at radius 1 is 0.826 bits per heavy atom. The van der Waals surface area contributed by atoms with E-state index in [1.54, 1.807) is 0 Å². The van der Waals surface area contributed by atoms with E-state index in [4.69, 9.17) is 18.9 Å². The standard InChI is InChI=1S/C17H35NO5/c1-5-17(19)6-8-20-10-12-22-14-15-23-13-11-21-9-7-18(4)16(2)3/h16H,5-15H2,1-4H3. The van der Waals surface area contributed by atoms with Crippen LogP contribution in [0.4, 0.5) is 0 Å². The molecular formula is C17H35NO5. The van der Waals surface area contributed by atoms with Gasteiger partial charge in [-0.25, -0.2) is 0 Å². The van der Waals surface area contributed by atoms with Gasteiger partial charge in [-0.1, -0.05) is 6.92 Å². The van der Waals surface area contributed by atoms with Crippen molar-refractivity contribution in [2.45, 2.75) is 39.7 Å². The lowest BCUT2D eigenvalue weighted by atomic mass is 10.2. The van der Waals surface area contributed by atoms with Gasteiger partial charge in [0.25, 0.3) is 0 Å². The number of likely N-dealkylation sites (N-methyl/N-ethyl adjacent to an activating group) is 1. The summed E-state index contributed by atoms with van der Waals surface area (Å²) in [5.41, 5.74) is 0. The van der Waals surface area contributed by atoms with Gasteiger partial charge in [0.15, 0.2) is 0 Å². The van der Waals surface area contributed by atoms with Crippen molar-refractivity contribution >= 4 is 5.78 Å². The Hall–Kier alpha value is -0.530. The quantitative estimate of drug-likeness (QED) is 0.378. The number of hydrogen-bond donors (Lipinski definition) is 0. The minimum Gasteiger partial charge on any atom is -0.379 e. The average Bonchev–Trinajstić information content (AvgIpc) is 2.54. The van der Waals surface area contributed by atoms with Gasteiger partial charge < -0.3 is 23.8 Å². The average molecular weight is 333 g/mol. The minimum atomic E-state index is 0.234. The first kappa shape index (κ1) is 22.5. The highest BCUT2D eigenvalue weighted by molar-refractivity contribution is 5.78. The molecule has 0 spiro atoms. The summed E-state index contributed by atoms with van der Waals surface area (Å²) < 4.78 is 21.6. The zero-order valence-corrected chi connectivity index (χ0v) is 15.3. The van der Waals surface area contributed by atoms with Crippen molar-refractivity contribution in [2.75, 3.05) is 66.4 Å². The Morgan fingerprint density at radius 3 is 1.70 bits per heavy atom. The topological polar surface area (TPSA) is 57.2 Å². The molecule has 0 aliphatic carbocycles. The van der Waals surface area contributed by atoms with Gasteiger partial charge in [0.2, 0.25) is 0 Å². The molecule has 0 N–H and O–H groups in total. The monoisotopic (exact) mass is 333 g/mol. The third kappa shape index (κ3) is 16.1. The number of carbonyl (C=O) groups excluding carboxylic acids is 1. The third-order valence-electron chi connectivity index (χ3n) is 3.51. The maximum absolute atomic E-state index is 11.0. The summed E-state index contributed by atoms with van der Waals surface area (Å²) in [5.74, 6) is 0.234. The molecule has 0 aromatic rings. The summed E-state index contributed by atoms with van der Waals surface area (Å²) in [6.45, 7) is 11.7. The van der Waals surface area contributed by atoms with Crippen LogP contribution < -0.4 is 0 Å². The molecular weight excluding hydrogens is 298 g/mol. The molecule has 6 heteroatoms. The van der Waals surface area contributed by atoms with Crippen LogP contribution in [0.5, 0.6) is 0 Å². The molecule has 0 amide bonds. The molecule has 23 heavy (non-hydrogen) atoms. The molecule has 0 aromatic heterocycles. The highest BCUT2D eigenvalue weighted by Crippen LogP contribution is 1.92. The number of ketones is 1. The van der Waals surface area contributed by atoms with Crippen molar-refractivity contribution in [3.05, 3.63) is 0 Å².